The van der Waals surface area contributed by atoms with E-state index >= 15 is 0 Å². The third-order valence-electron chi connectivity index (χ3n) is 2.92. The molecule has 0 unspecified atom stereocenters. The monoisotopic (exact) mass is 272 g/mol. The predicted octanol–water partition coefficient (Wildman–Crippen LogP) is 4.59. The lowest BCUT2D eigenvalue weighted by molar-refractivity contribution is 0.262. The Kier molecular flexibility index (Phi) is 4.35. The van der Waals surface area contributed by atoms with Crippen LogP contribution in [0.4, 0.5) is 20.6 Å². The Balaban J connectivity index is 1.97. The first-order chi connectivity index (χ1) is 9.54. The molecule has 0 saturated carbocycles. The van der Waals surface area contributed by atoms with Gasteiger partial charge in [-0.3, -0.25) is 0 Å². The van der Waals surface area contributed by atoms with Crippen LogP contribution in [-0.4, -0.2) is 6.03 Å². The SMILES string of the molecule is CC(C)c1ccc(NC(=O)Nc2cccc(F)c2)cc1. The number of halogens is 1. The Morgan fingerprint density at radius 1 is 1.00 bits per heavy atom. The van der Waals surface area contributed by atoms with E-state index in [2.05, 4.69) is 24.5 Å². The lowest BCUT2D eigenvalue weighted by atomic mass is 10.0. The van der Waals surface area contributed by atoms with Gasteiger partial charge < -0.3 is 10.6 Å². The molecular weight excluding hydrogens is 255 g/mol. The number of carbonyl (C=O) groups is 1. The summed E-state index contributed by atoms with van der Waals surface area (Å²) in [6.45, 7) is 4.22. The van der Waals surface area contributed by atoms with Crippen molar-refractivity contribution in [1.82, 2.24) is 0 Å². The first-order valence-electron chi connectivity index (χ1n) is 6.48. The number of amides is 2. The molecule has 0 fully saturated rings. The number of rotatable bonds is 3. The Morgan fingerprint density at radius 3 is 2.25 bits per heavy atom. The first-order valence-corrected chi connectivity index (χ1v) is 6.48. The second-order valence-electron chi connectivity index (χ2n) is 4.87. The fraction of sp³-hybridized carbons (Fsp3) is 0.188. The Bertz CT molecular complexity index is 594. The Hall–Kier alpha value is -2.36. The molecule has 20 heavy (non-hydrogen) atoms. The third-order valence-corrected chi connectivity index (χ3v) is 2.92. The predicted molar refractivity (Wildman–Crippen MR) is 79.6 cm³/mol. The molecule has 0 bridgehead atoms. The van der Waals surface area contributed by atoms with Gasteiger partial charge in [0.15, 0.2) is 0 Å². The Labute approximate surface area is 117 Å². The van der Waals surface area contributed by atoms with Crippen LogP contribution in [0, 0.1) is 5.82 Å². The third kappa shape index (κ3) is 3.82. The van der Waals surface area contributed by atoms with Crippen molar-refractivity contribution in [1.29, 1.82) is 0 Å². The van der Waals surface area contributed by atoms with Gasteiger partial charge in [-0.2, -0.15) is 0 Å². The number of hydrogen-bond acceptors (Lipinski definition) is 1. The highest BCUT2D eigenvalue weighted by molar-refractivity contribution is 5.99. The average Bonchev–Trinajstić information content (AvgIpc) is 2.39. The van der Waals surface area contributed by atoms with Gasteiger partial charge in [-0.05, 0) is 41.8 Å². The van der Waals surface area contributed by atoms with Crippen molar-refractivity contribution in [3.8, 4) is 0 Å². The van der Waals surface area contributed by atoms with Gasteiger partial charge in [0, 0.05) is 11.4 Å². The van der Waals surface area contributed by atoms with E-state index in [1.54, 1.807) is 12.1 Å². The normalized spacial score (nSPS) is 10.4. The summed E-state index contributed by atoms with van der Waals surface area (Å²) < 4.78 is 13.0. The minimum Gasteiger partial charge on any atom is -0.308 e. The van der Waals surface area contributed by atoms with Crippen LogP contribution in [0.5, 0.6) is 0 Å². The number of anilines is 2. The van der Waals surface area contributed by atoms with Crippen LogP contribution in [0.2, 0.25) is 0 Å². The van der Waals surface area contributed by atoms with Gasteiger partial charge in [-0.25, -0.2) is 9.18 Å². The fourth-order valence-corrected chi connectivity index (χ4v) is 1.81. The van der Waals surface area contributed by atoms with Gasteiger partial charge in [0.1, 0.15) is 5.82 Å². The first kappa shape index (κ1) is 14.1. The standard InChI is InChI=1S/C16H17FN2O/c1-11(2)12-6-8-14(9-7-12)18-16(20)19-15-5-3-4-13(17)10-15/h3-11H,1-2H3,(H2,18,19,20). The topological polar surface area (TPSA) is 41.1 Å². The molecule has 2 N–H and O–H groups in total. The molecule has 0 heterocycles. The molecule has 2 amide bonds. The number of nitrogens with one attached hydrogen (secondary N) is 2. The van der Waals surface area contributed by atoms with Gasteiger partial charge in [0.2, 0.25) is 0 Å². The molecule has 0 radical (unpaired) electrons. The van der Waals surface area contributed by atoms with Crippen molar-refractivity contribution in [3.63, 3.8) is 0 Å². The lowest BCUT2D eigenvalue weighted by Crippen LogP contribution is -2.19. The smallest absolute Gasteiger partial charge is 0.308 e. The highest BCUT2D eigenvalue weighted by Crippen LogP contribution is 2.17. The van der Waals surface area contributed by atoms with E-state index in [0.717, 1.165) is 0 Å². The zero-order valence-corrected chi connectivity index (χ0v) is 11.5. The summed E-state index contributed by atoms with van der Waals surface area (Å²) in [5.74, 6) is 0.0641. The molecule has 0 aromatic heterocycles. The molecule has 0 spiro atoms. The molecule has 0 aliphatic rings. The van der Waals surface area contributed by atoms with Gasteiger partial charge in [0.05, 0.1) is 0 Å². The summed E-state index contributed by atoms with van der Waals surface area (Å²) >= 11 is 0. The zero-order chi connectivity index (χ0) is 14.5. The van der Waals surface area contributed by atoms with E-state index in [1.807, 2.05) is 24.3 Å². The van der Waals surface area contributed by atoms with Crippen molar-refractivity contribution in [2.75, 3.05) is 10.6 Å². The minimum atomic E-state index is -0.395. The summed E-state index contributed by atoms with van der Waals surface area (Å²) in [6, 6.07) is 13.0. The molecule has 0 saturated heterocycles. The van der Waals surface area contributed by atoms with E-state index in [0.29, 0.717) is 17.3 Å². The van der Waals surface area contributed by atoms with Crippen molar-refractivity contribution >= 4 is 17.4 Å². The molecule has 2 aromatic carbocycles. The van der Waals surface area contributed by atoms with E-state index in [9.17, 15) is 9.18 Å². The van der Waals surface area contributed by atoms with E-state index in [-0.39, 0.29) is 5.82 Å². The highest BCUT2D eigenvalue weighted by Gasteiger charge is 2.04. The van der Waals surface area contributed by atoms with Crippen LogP contribution in [0.15, 0.2) is 48.5 Å². The fourth-order valence-electron chi connectivity index (χ4n) is 1.81. The van der Waals surface area contributed by atoms with Crippen LogP contribution in [-0.2, 0) is 0 Å². The van der Waals surface area contributed by atoms with Crippen LogP contribution >= 0.6 is 0 Å². The van der Waals surface area contributed by atoms with Gasteiger partial charge in [-0.1, -0.05) is 32.0 Å². The number of benzene rings is 2. The zero-order valence-electron chi connectivity index (χ0n) is 11.5. The van der Waals surface area contributed by atoms with Gasteiger partial charge in [-0.15, -0.1) is 0 Å². The highest BCUT2D eigenvalue weighted by atomic mass is 19.1. The number of carbonyl (C=O) groups excluding carboxylic acids is 1. The molecule has 0 aliphatic heterocycles. The van der Waals surface area contributed by atoms with Crippen LogP contribution < -0.4 is 10.6 Å². The summed E-state index contributed by atoms with van der Waals surface area (Å²) in [4.78, 5) is 11.8. The minimum absolute atomic E-state index is 0.385. The molecule has 3 nitrogen and oxygen atoms in total. The van der Waals surface area contributed by atoms with Gasteiger partial charge in [0.25, 0.3) is 0 Å². The van der Waals surface area contributed by atoms with Crippen LogP contribution in [0.25, 0.3) is 0 Å². The molecule has 2 aromatic rings. The molecule has 0 aliphatic carbocycles. The molecule has 4 heteroatoms. The number of urea groups is 1. The molecule has 2 rings (SSSR count). The van der Waals surface area contributed by atoms with Crippen molar-refractivity contribution in [2.45, 2.75) is 19.8 Å². The summed E-state index contributed by atoms with van der Waals surface area (Å²) in [5.41, 5.74) is 2.32. The molecule has 104 valence electrons. The second kappa shape index (κ2) is 6.19. The summed E-state index contributed by atoms with van der Waals surface area (Å²) in [7, 11) is 0. The van der Waals surface area contributed by atoms with Crippen LogP contribution in [0.3, 0.4) is 0 Å². The number of hydrogen-bond donors (Lipinski definition) is 2. The summed E-state index contributed by atoms with van der Waals surface area (Å²) in [6.07, 6.45) is 0. The van der Waals surface area contributed by atoms with E-state index < -0.39 is 6.03 Å². The van der Waals surface area contributed by atoms with E-state index in [1.165, 1.54) is 17.7 Å². The maximum atomic E-state index is 13.0. The van der Waals surface area contributed by atoms with Crippen molar-refractivity contribution in [3.05, 3.63) is 59.9 Å². The van der Waals surface area contributed by atoms with Gasteiger partial charge >= 0.3 is 6.03 Å². The summed E-state index contributed by atoms with van der Waals surface area (Å²) in [5, 5.41) is 5.28. The average molecular weight is 272 g/mol. The van der Waals surface area contributed by atoms with E-state index in [4.69, 9.17) is 0 Å². The Morgan fingerprint density at radius 2 is 1.65 bits per heavy atom. The maximum absolute atomic E-state index is 13.0. The maximum Gasteiger partial charge on any atom is 0.323 e. The quantitative estimate of drug-likeness (QED) is 0.842. The van der Waals surface area contributed by atoms with Crippen molar-refractivity contribution in [2.24, 2.45) is 0 Å². The van der Waals surface area contributed by atoms with Crippen LogP contribution in [0.1, 0.15) is 25.3 Å². The largest absolute Gasteiger partial charge is 0.323 e. The second-order valence-corrected chi connectivity index (χ2v) is 4.87. The molecule has 0 atom stereocenters. The molecular formula is C16H17FN2O. The lowest BCUT2D eigenvalue weighted by Gasteiger charge is -2.09. The van der Waals surface area contributed by atoms with Crippen molar-refractivity contribution < 1.29 is 9.18 Å².